The molecule has 0 unspecified atom stereocenters. The van der Waals surface area contributed by atoms with E-state index in [0.717, 1.165) is 16.7 Å². The Morgan fingerprint density at radius 2 is 1.85 bits per heavy atom. The van der Waals surface area contributed by atoms with Crippen LogP contribution in [-0.2, 0) is 0 Å². The van der Waals surface area contributed by atoms with Crippen LogP contribution in [0.1, 0.15) is 5.56 Å². The molecule has 0 aliphatic rings. The van der Waals surface area contributed by atoms with Gasteiger partial charge in [0.05, 0.1) is 0 Å². The molecule has 1 heterocycles. The number of benzene rings is 2. The maximum atomic E-state index is 6.10. The first-order valence-electron chi connectivity index (χ1n) is 6.10. The van der Waals surface area contributed by atoms with Crippen LogP contribution in [0.3, 0.4) is 0 Å². The van der Waals surface area contributed by atoms with Crippen LogP contribution in [0.15, 0.2) is 47.0 Å². The van der Waals surface area contributed by atoms with Crippen molar-refractivity contribution in [2.45, 2.75) is 6.92 Å². The van der Waals surface area contributed by atoms with Gasteiger partial charge in [0.2, 0.25) is 5.82 Å². The highest BCUT2D eigenvalue weighted by atomic mass is 35.5. The monoisotopic (exact) mass is 285 g/mol. The zero-order valence-electron chi connectivity index (χ0n) is 10.8. The Balaban J connectivity index is 2.02. The van der Waals surface area contributed by atoms with E-state index in [2.05, 4.69) is 10.1 Å². The average molecular weight is 286 g/mol. The van der Waals surface area contributed by atoms with Gasteiger partial charge in [0.25, 0.3) is 5.89 Å². The number of halogens is 1. The highest BCUT2D eigenvalue weighted by Crippen LogP contribution is 2.28. The molecule has 0 radical (unpaired) electrons. The molecule has 1 aromatic heterocycles. The zero-order chi connectivity index (χ0) is 14.1. The van der Waals surface area contributed by atoms with Crippen molar-refractivity contribution in [3.63, 3.8) is 0 Å². The van der Waals surface area contributed by atoms with Gasteiger partial charge >= 0.3 is 0 Å². The number of hydrogen-bond acceptors (Lipinski definition) is 4. The molecule has 100 valence electrons. The molecule has 0 aliphatic heterocycles. The number of rotatable bonds is 2. The second kappa shape index (κ2) is 4.98. The van der Waals surface area contributed by atoms with Crippen LogP contribution in [0.5, 0.6) is 0 Å². The Labute approximate surface area is 121 Å². The van der Waals surface area contributed by atoms with Gasteiger partial charge in [-0.2, -0.15) is 4.98 Å². The number of nitrogens with zero attached hydrogens (tertiary/aromatic N) is 2. The zero-order valence-corrected chi connectivity index (χ0v) is 11.6. The van der Waals surface area contributed by atoms with Crippen LogP contribution in [0.4, 0.5) is 5.69 Å². The molecular formula is C15H12ClN3O. The lowest BCUT2D eigenvalue weighted by Crippen LogP contribution is -1.86. The molecule has 0 atom stereocenters. The molecule has 0 saturated heterocycles. The van der Waals surface area contributed by atoms with Crippen LogP contribution in [0.25, 0.3) is 22.8 Å². The Bertz CT molecular complexity index is 750. The van der Waals surface area contributed by atoms with Gasteiger partial charge in [0.1, 0.15) is 0 Å². The van der Waals surface area contributed by atoms with Crippen LogP contribution >= 0.6 is 11.6 Å². The minimum Gasteiger partial charge on any atom is -0.399 e. The Morgan fingerprint density at radius 1 is 1.10 bits per heavy atom. The third-order valence-electron chi connectivity index (χ3n) is 3.09. The van der Waals surface area contributed by atoms with Gasteiger partial charge in [-0.15, -0.1) is 0 Å². The first-order chi connectivity index (χ1) is 9.65. The van der Waals surface area contributed by atoms with E-state index in [0.29, 0.717) is 22.4 Å². The minimum atomic E-state index is 0.455. The van der Waals surface area contributed by atoms with E-state index in [9.17, 15) is 0 Å². The Morgan fingerprint density at radius 3 is 2.60 bits per heavy atom. The third kappa shape index (κ3) is 2.26. The number of anilines is 1. The molecule has 3 rings (SSSR count). The van der Waals surface area contributed by atoms with Crippen LogP contribution < -0.4 is 5.73 Å². The summed E-state index contributed by atoms with van der Waals surface area (Å²) in [5, 5.41) is 4.67. The summed E-state index contributed by atoms with van der Waals surface area (Å²) in [6.07, 6.45) is 0. The van der Waals surface area contributed by atoms with E-state index in [4.69, 9.17) is 21.9 Å². The second-order valence-electron chi connectivity index (χ2n) is 4.46. The molecule has 3 aromatic rings. The normalized spacial score (nSPS) is 10.7. The lowest BCUT2D eigenvalue weighted by atomic mass is 10.1. The van der Waals surface area contributed by atoms with Gasteiger partial charge in [-0.1, -0.05) is 22.8 Å². The summed E-state index contributed by atoms with van der Waals surface area (Å²) in [6.45, 7) is 1.92. The molecule has 0 spiro atoms. The molecule has 0 aliphatic carbocycles. The third-order valence-corrected chi connectivity index (χ3v) is 3.50. The molecule has 5 heteroatoms. The van der Waals surface area contributed by atoms with Crippen molar-refractivity contribution in [2.75, 3.05) is 5.73 Å². The molecule has 0 fully saturated rings. The highest BCUT2D eigenvalue weighted by Gasteiger charge is 2.13. The molecule has 20 heavy (non-hydrogen) atoms. The van der Waals surface area contributed by atoms with E-state index in [1.165, 1.54) is 0 Å². The van der Waals surface area contributed by atoms with Crippen LogP contribution in [0, 0.1) is 6.92 Å². The lowest BCUT2D eigenvalue weighted by molar-refractivity contribution is 0.432. The summed E-state index contributed by atoms with van der Waals surface area (Å²) in [4.78, 5) is 4.41. The number of nitrogens with two attached hydrogens (primary N) is 1. The Kier molecular flexibility index (Phi) is 3.16. The van der Waals surface area contributed by atoms with Gasteiger partial charge in [0, 0.05) is 21.8 Å². The van der Waals surface area contributed by atoms with Crippen LogP contribution in [-0.4, -0.2) is 10.1 Å². The Hall–Kier alpha value is -2.33. The van der Waals surface area contributed by atoms with Crippen molar-refractivity contribution in [2.24, 2.45) is 0 Å². The fourth-order valence-electron chi connectivity index (χ4n) is 1.92. The van der Waals surface area contributed by atoms with Crippen molar-refractivity contribution < 1.29 is 4.52 Å². The summed E-state index contributed by atoms with van der Waals surface area (Å²) in [7, 11) is 0. The first kappa shape index (κ1) is 12.7. The van der Waals surface area contributed by atoms with Crippen molar-refractivity contribution in [3.05, 3.63) is 53.1 Å². The smallest absolute Gasteiger partial charge is 0.258 e. The van der Waals surface area contributed by atoms with Crippen molar-refractivity contribution in [1.29, 1.82) is 0 Å². The van der Waals surface area contributed by atoms with Gasteiger partial charge in [-0.05, 0) is 48.9 Å². The summed E-state index contributed by atoms with van der Waals surface area (Å²) in [5.74, 6) is 0.983. The molecule has 0 amide bonds. The summed E-state index contributed by atoms with van der Waals surface area (Å²) >= 11 is 6.10. The minimum absolute atomic E-state index is 0.455. The number of hydrogen-bond donors (Lipinski definition) is 1. The quantitative estimate of drug-likeness (QED) is 0.724. The standard InChI is InChI=1S/C15H12ClN3O/c1-9-12(3-2-4-13(9)16)15-18-14(19-20-15)10-5-7-11(17)8-6-10/h2-8H,17H2,1H3. The molecule has 0 bridgehead atoms. The summed E-state index contributed by atoms with van der Waals surface area (Å²) < 4.78 is 5.32. The van der Waals surface area contributed by atoms with Crippen molar-refractivity contribution in [3.8, 4) is 22.8 Å². The van der Waals surface area contributed by atoms with E-state index in [1.807, 2.05) is 37.3 Å². The topological polar surface area (TPSA) is 64.9 Å². The second-order valence-corrected chi connectivity index (χ2v) is 4.86. The van der Waals surface area contributed by atoms with Gasteiger partial charge in [0.15, 0.2) is 0 Å². The maximum Gasteiger partial charge on any atom is 0.258 e. The highest BCUT2D eigenvalue weighted by molar-refractivity contribution is 6.31. The van der Waals surface area contributed by atoms with Crippen LogP contribution in [0.2, 0.25) is 5.02 Å². The molecule has 0 saturated carbocycles. The van der Waals surface area contributed by atoms with E-state index in [-0.39, 0.29) is 0 Å². The fraction of sp³-hybridized carbons (Fsp3) is 0.0667. The summed E-state index contributed by atoms with van der Waals surface area (Å²) in [5.41, 5.74) is 8.97. The SMILES string of the molecule is Cc1c(Cl)cccc1-c1nc(-c2ccc(N)cc2)no1. The number of aromatic nitrogens is 2. The molecular weight excluding hydrogens is 274 g/mol. The molecule has 2 aromatic carbocycles. The average Bonchev–Trinajstić information content (AvgIpc) is 2.92. The molecule has 2 N–H and O–H groups in total. The van der Waals surface area contributed by atoms with Gasteiger partial charge in [-0.25, -0.2) is 0 Å². The predicted molar refractivity (Wildman–Crippen MR) is 79.3 cm³/mol. The number of nitrogen functional groups attached to an aromatic ring is 1. The van der Waals surface area contributed by atoms with Gasteiger partial charge in [-0.3, -0.25) is 0 Å². The largest absolute Gasteiger partial charge is 0.399 e. The van der Waals surface area contributed by atoms with E-state index >= 15 is 0 Å². The molecule has 4 nitrogen and oxygen atoms in total. The van der Waals surface area contributed by atoms with Crippen molar-refractivity contribution in [1.82, 2.24) is 10.1 Å². The maximum absolute atomic E-state index is 6.10. The van der Waals surface area contributed by atoms with E-state index < -0.39 is 0 Å². The van der Waals surface area contributed by atoms with Gasteiger partial charge < -0.3 is 10.3 Å². The first-order valence-corrected chi connectivity index (χ1v) is 6.48. The lowest BCUT2D eigenvalue weighted by Gasteiger charge is -2.01. The van der Waals surface area contributed by atoms with E-state index in [1.54, 1.807) is 12.1 Å². The summed E-state index contributed by atoms with van der Waals surface area (Å²) in [6, 6.07) is 12.9. The predicted octanol–water partition coefficient (Wildman–Crippen LogP) is 3.95. The van der Waals surface area contributed by atoms with Crippen molar-refractivity contribution >= 4 is 17.3 Å². The fourth-order valence-corrected chi connectivity index (χ4v) is 2.10.